The van der Waals surface area contributed by atoms with Gasteiger partial charge in [-0.2, -0.15) is 5.10 Å². The van der Waals surface area contributed by atoms with Crippen LogP contribution in [0.25, 0.3) is 10.8 Å². The van der Waals surface area contributed by atoms with Gasteiger partial charge >= 0.3 is 0 Å². The molecule has 7 atom stereocenters. The number of ether oxygens (including phenoxy) is 1. The van der Waals surface area contributed by atoms with Crippen molar-refractivity contribution in [1.82, 2.24) is 20.0 Å². The van der Waals surface area contributed by atoms with Crippen LogP contribution >= 0.6 is 0 Å². The van der Waals surface area contributed by atoms with Crippen LogP contribution in [-0.2, 0) is 11.2 Å². The lowest BCUT2D eigenvalue weighted by molar-refractivity contribution is -0.169. The average molecular weight is 747 g/mol. The number of benzene rings is 2. The van der Waals surface area contributed by atoms with Gasteiger partial charge in [-0.15, -0.1) is 0 Å². The number of nitrogens with one attached hydrogen (secondary N) is 1. The number of nitrogens with zero attached hydrogens (tertiary/aromatic N) is 3. The molecule has 2 aromatic carbocycles. The molecule has 2 heterocycles. The van der Waals surface area contributed by atoms with Gasteiger partial charge in [0, 0.05) is 57.4 Å². The number of hydrogen-bond donors (Lipinski definition) is 1. The van der Waals surface area contributed by atoms with Gasteiger partial charge < -0.3 is 9.64 Å². The van der Waals surface area contributed by atoms with Crippen molar-refractivity contribution in [1.29, 1.82) is 0 Å². The number of rotatable bonds is 10. The number of halogens is 3. The third-order valence-corrected chi connectivity index (χ3v) is 15.1. The molecule has 3 aromatic rings. The fourth-order valence-electron chi connectivity index (χ4n) is 11.9. The molecular formula is C44H57F3N4O3. The van der Waals surface area contributed by atoms with Crippen LogP contribution < -0.4 is 5.56 Å². The maximum atomic E-state index is 15.0. The van der Waals surface area contributed by atoms with Crippen LogP contribution in [0, 0.1) is 40.3 Å². The first-order valence-corrected chi connectivity index (χ1v) is 20.7. The van der Waals surface area contributed by atoms with Crippen molar-refractivity contribution in [3.8, 4) is 0 Å². The van der Waals surface area contributed by atoms with Gasteiger partial charge in [0.1, 0.15) is 5.82 Å². The van der Waals surface area contributed by atoms with Crippen molar-refractivity contribution in [2.24, 2.45) is 34.5 Å². The van der Waals surface area contributed by atoms with E-state index in [0.717, 1.165) is 75.7 Å². The Bertz CT molecular complexity index is 1890. The SMILES string of the molecule is CC12CCC(F)(F)C[C@H]1CC[C@H]1[C@H]2CC[C@]2(C)[C@@H]1CC[C@H]2OCCCCCN1CCN(C(=O)c2cc(Cc3n[nH]c(=O)c4ccccc34)ccc2F)CC1. The van der Waals surface area contributed by atoms with Gasteiger partial charge in [-0.05, 0) is 129 Å². The molecule has 292 valence electrons. The summed E-state index contributed by atoms with van der Waals surface area (Å²) in [5.41, 5.74) is 1.54. The quantitative estimate of drug-likeness (QED) is 0.210. The zero-order valence-electron chi connectivity index (χ0n) is 32.1. The summed E-state index contributed by atoms with van der Waals surface area (Å²) in [5, 5.41) is 8.09. The standard InChI is InChI=1S/C44H57F3N4O3/c1-42-18-19-44(46,47)28-30(42)11-12-33-35-13-15-39(43(35,2)17-16-36(33)42)54-25-7-3-6-20-50-21-23-51(24-22-50)41(53)34-26-29(10-14-37(34)45)27-38-31-8-4-5-9-32(31)40(52)49-48-38/h4-5,8-10,14,26,30,33,35-36,39H,3,6-7,11-13,15-25,27-28H2,1-2H3,(H,49,52)/t30-,33-,35-,36-,39-,42?,43-/m1/s1. The molecule has 4 saturated carbocycles. The number of alkyl halides is 2. The van der Waals surface area contributed by atoms with E-state index in [1.807, 2.05) is 12.1 Å². The van der Waals surface area contributed by atoms with Gasteiger partial charge in [-0.1, -0.05) is 38.1 Å². The average Bonchev–Trinajstić information content (AvgIpc) is 3.51. The van der Waals surface area contributed by atoms with E-state index >= 15 is 0 Å². The van der Waals surface area contributed by atoms with Crippen LogP contribution in [0.3, 0.4) is 0 Å². The van der Waals surface area contributed by atoms with Gasteiger partial charge in [0.05, 0.1) is 22.7 Å². The Balaban J connectivity index is 0.763. The zero-order valence-corrected chi connectivity index (χ0v) is 32.1. The summed E-state index contributed by atoms with van der Waals surface area (Å²) in [6.45, 7) is 9.25. The van der Waals surface area contributed by atoms with Crippen molar-refractivity contribution < 1.29 is 22.7 Å². The van der Waals surface area contributed by atoms with E-state index in [-0.39, 0.29) is 46.6 Å². The first-order chi connectivity index (χ1) is 25.9. The van der Waals surface area contributed by atoms with E-state index < -0.39 is 11.7 Å². The summed E-state index contributed by atoms with van der Waals surface area (Å²) in [6, 6.07) is 11.9. The summed E-state index contributed by atoms with van der Waals surface area (Å²) < 4.78 is 50.3. The lowest BCUT2D eigenvalue weighted by Crippen LogP contribution is -2.55. The molecule has 8 rings (SSSR count). The molecular weight excluding hydrogens is 690 g/mol. The predicted octanol–water partition coefficient (Wildman–Crippen LogP) is 8.64. The number of carbonyl (C=O) groups excluding carboxylic acids is 1. The summed E-state index contributed by atoms with van der Waals surface area (Å²) in [4.78, 5) is 29.8. The Kier molecular flexibility index (Phi) is 10.5. The molecule has 0 bridgehead atoms. The number of piperazine rings is 1. The Hall–Kier alpha value is -3.24. The Morgan fingerprint density at radius 1 is 0.889 bits per heavy atom. The van der Waals surface area contributed by atoms with Crippen LogP contribution in [0.5, 0.6) is 0 Å². The normalized spacial score (nSPS) is 32.2. The number of carbonyl (C=O) groups is 1. The maximum Gasteiger partial charge on any atom is 0.272 e. The van der Waals surface area contributed by atoms with Gasteiger partial charge in [0.15, 0.2) is 0 Å². The van der Waals surface area contributed by atoms with Gasteiger partial charge in [-0.3, -0.25) is 14.5 Å². The van der Waals surface area contributed by atoms with E-state index in [1.165, 1.54) is 25.3 Å². The first-order valence-electron chi connectivity index (χ1n) is 20.7. The van der Waals surface area contributed by atoms with Crippen molar-refractivity contribution in [2.45, 2.75) is 109 Å². The molecule has 1 aliphatic heterocycles. The largest absolute Gasteiger partial charge is 0.378 e. The summed E-state index contributed by atoms with van der Waals surface area (Å²) in [6.07, 6.45) is 11.5. The zero-order chi connectivity index (χ0) is 37.7. The minimum absolute atomic E-state index is 0.0716. The third-order valence-electron chi connectivity index (χ3n) is 15.1. The van der Waals surface area contributed by atoms with Gasteiger partial charge in [-0.25, -0.2) is 18.3 Å². The maximum absolute atomic E-state index is 15.0. The molecule has 5 aliphatic rings. The molecule has 54 heavy (non-hydrogen) atoms. The molecule has 1 N–H and O–H groups in total. The fourth-order valence-corrected chi connectivity index (χ4v) is 11.9. The van der Waals surface area contributed by atoms with Crippen molar-refractivity contribution in [2.75, 3.05) is 39.3 Å². The van der Waals surface area contributed by atoms with E-state index in [4.69, 9.17) is 4.74 Å². The van der Waals surface area contributed by atoms with Crippen LogP contribution in [0.15, 0.2) is 47.3 Å². The van der Waals surface area contributed by atoms with Crippen LogP contribution in [0.1, 0.15) is 113 Å². The van der Waals surface area contributed by atoms with Crippen molar-refractivity contribution in [3.63, 3.8) is 0 Å². The molecule has 1 amide bonds. The summed E-state index contributed by atoms with van der Waals surface area (Å²) in [7, 11) is 0. The van der Waals surface area contributed by atoms with Crippen molar-refractivity contribution in [3.05, 3.63) is 75.5 Å². The highest BCUT2D eigenvalue weighted by Gasteiger charge is 2.62. The second kappa shape index (κ2) is 15.0. The number of H-pyrrole nitrogens is 1. The lowest BCUT2D eigenvalue weighted by atomic mass is 9.45. The number of fused-ring (bicyclic) bond motifs is 6. The number of aromatic amines is 1. The van der Waals surface area contributed by atoms with Crippen molar-refractivity contribution >= 4 is 16.7 Å². The van der Waals surface area contributed by atoms with Gasteiger partial charge in [0.25, 0.3) is 11.5 Å². The summed E-state index contributed by atoms with van der Waals surface area (Å²) >= 11 is 0. The Morgan fingerprint density at radius 2 is 1.67 bits per heavy atom. The molecule has 0 spiro atoms. The van der Waals surface area contributed by atoms with Crippen LogP contribution in [0.2, 0.25) is 0 Å². The number of unbranched alkanes of at least 4 members (excludes halogenated alkanes) is 2. The Labute approximate surface area is 317 Å². The van der Waals surface area contributed by atoms with E-state index in [2.05, 4.69) is 28.9 Å². The molecule has 1 saturated heterocycles. The highest BCUT2D eigenvalue weighted by molar-refractivity contribution is 5.95. The number of amides is 1. The number of aromatic nitrogens is 2. The van der Waals surface area contributed by atoms with E-state index in [1.54, 1.807) is 29.2 Å². The molecule has 7 nitrogen and oxygen atoms in total. The topological polar surface area (TPSA) is 78.5 Å². The molecule has 4 aliphatic carbocycles. The first kappa shape index (κ1) is 37.7. The Morgan fingerprint density at radius 3 is 2.48 bits per heavy atom. The second-order valence-corrected chi connectivity index (χ2v) is 17.9. The minimum atomic E-state index is -2.47. The van der Waals surface area contributed by atoms with Crippen LogP contribution in [-0.4, -0.2) is 77.3 Å². The molecule has 1 unspecified atom stereocenters. The lowest BCUT2D eigenvalue weighted by Gasteiger charge is -2.61. The van der Waals surface area contributed by atoms with E-state index in [9.17, 15) is 22.8 Å². The monoisotopic (exact) mass is 746 g/mol. The molecule has 0 radical (unpaired) electrons. The number of hydrogen-bond acceptors (Lipinski definition) is 5. The molecule has 1 aromatic heterocycles. The van der Waals surface area contributed by atoms with Gasteiger partial charge in [0.2, 0.25) is 5.92 Å². The predicted molar refractivity (Wildman–Crippen MR) is 204 cm³/mol. The minimum Gasteiger partial charge on any atom is -0.378 e. The highest BCUT2D eigenvalue weighted by atomic mass is 19.3. The smallest absolute Gasteiger partial charge is 0.272 e. The van der Waals surface area contributed by atoms with Crippen LogP contribution in [0.4, 0.5) is 13.2 Å². The second-order valence-electron chi connectivity index (χ2n) is 17.9. The summed E-state index contributed by atoms with van der Waals surface area (Å²) in [5.74, 6) is -1.19. The molecule has 10 heteroatoms. The van der Waals surface area contributed by atoms with E-state index in [0.29, 0.717) is 60.9 Å². The fraction of sp³-hybridized carbons (Fsp3) is 0.659. The third kappa shape index (κ3) is 7.15. The molecule has 5 fully saturated rings. The highest BCUT2D eigenvalue weighted by Crippen LogP contribution is 2.67.